The molecule has 0 spiro atoms. The van der Waals surface area contributed by atoms with Crippen LogP contribution in [0.5, 0.6) is 0 Å². The van der Waals surface area contributed by atoms with Gasteiger partial charge < -0.3 is 9.32 Å². The number of carbonyl (C=O) groups excluding carboxylic acids is 1. The highest BCUT2D eigenvalue weighted by atomic mass is 19.1. The van der Waals surface area contributed by atoms with E-state index in [4.69, 9.17) is 4.42 Å². The summed E-state index contributed by atoms with van der Waals surface area (Å²) in [6, 6.07) is 14.8. The summed E-state index contributed by atoms with van der Waals surface area (Å²) in [5.41, 5.74) is 2.98. The van der Waals surface area contributed by atoms with Gasteiger partial charge in [0.15, 0.2) is 11.7 Å². The minimum atomic E-state index is -0.274. The molecule has 0 N–H and O–H groups in total. The van der Waals surface area contributed by atoms with Crippen LogP contribution in [-0.4, -0.2) is 21.8 Å². The molecule has 1 amide bonds. The number of benzene rings is 2. The largest absolute Gasteiger partial charge is 0.441 e. The minimum Gasteiger partial charge on any atom is -0.441 e. The zero-order valence-corrected chi connectivity index (χ0v) is 15.9. The molecular weight excluding hydrogens is 355 g/mol. The number of oxazole rings is 1. The normalized spacial score (nSPS) is 13.5. The first kappa shape index (κ1) is 18.4. The van der Waals surface area contributed by atoms with E-state index in [1.807, 2.05) is 42.2 Å². The number of hydrogen-bond acceptors (Lipinski definition) is 3. The van der Waals surface area contributed by atoms with Crippen molar-refractivity contribution >= 4 is 5.91 Å². The first-order valence-corrected chi connectivity index (χ1v) is 9.64. The Bertz CT molecular complexity index is 961. The Hall–Kier alpha value is -2.95. The van der Waals surface area contributed by atoms with Gasteiger partial charge in [0.05, 0.1) is 6.20 Å². The first-order chi connectivity index (χ1) is 13.6. The van der Waals surface area contributed by atoms with Gasteiger partial charge >= 0.3 is 0 Å². The molecule has 1 aliphatic rings. The Morgan fingerprint density at radius 2 is 2.00 bits per heavy atom. The van der Waals surface area contributed by atoms with E-state index in [2.05, 4.69) is 4.98 Å². The van der Waals surface area contributed by atoms with Crippen LogP contribution in [0, 0.1) is 12.7 Å². The highest BCUT2D eigenvalue weighted by Crippen LogP contribution is 2.29. The van der Waals surface area contributed by atoms with Crippen LogP contribution < -0.4 is 0 Å². The van der Waals surface area contributed by atoms with Crippen molar-refractivity contribution in [3.05, 3.63) is 77.6 Å². The van der Waals surface area contributed by atoms with Crippen molar-refractivity contribution in [1.82, 2.24) is 9.88 Å². The summed E-state index contributed by atoms with van der Waals surface area (Å²) < 4.78 is 19.3. The Morgan fingerprint density at radius 3 is 2.71 bits per heavy atom. The Labute approximate surface area is 164 Å². The number of nitrogens with zero attached hydrogens (tertiary/aromatic N) is 2. The molecule has 1 heterocycles. The molecule has 4 rings (SSSR count). The van der Waals surface area contributed by atoms with Crippen LogP contribution in [0.15, 0.2) is 59.1 Å². The van der Waals surface area contributed by atoms with E-state index in [-0.39, 0.29) is 17.8 Å². The van der Waals surface area contributed by atoms with Crippen molar-refractivity contribution in [3.63, 3.8) is 0 Å². The number of rotatable bonds is 7. The lowest BCUT2D eigenvalue weighted by molar-refractivity contribution is -0.132. The maximum Gasteiger partial charge on any atom is 0.223 e. The average molecular weight is 378 g/mol. The van der Waals surface area contributed by atoms with E-state index in [0.717, 1.165) is 24.0 Å². The number of hydrogen-bond donors (Lipinski definition) is 0. The third-order valence-electron chi connectivity index (χ3n) is 4.99. The van der Waals surface area contributed by atoms with Gasteiger partial charge in [-0.1, -0.05) is 42.0 Å². The van der Waals surface area contributed by atoms with Gasteiger partial charge in [-0.15, -0.1) is 0 Å². The van der Waals surface area contributed by atoms with E-state index in [9.17, 15) is 9.18 Å². The Morgan fingerprint density at radius 1 is 1.21 bits per heavy atom. The second-order valence-electron chi connectivity index (χ2n) is 7.37. The number of aryl methyl sites for hydroxylation is 2. The number of aromatic nitrogens is 1. The van der Waals surface area contributed by atoms with Gasteiger partial charge in [0.25, 0.3) is 0 Å². The predicted molar refractivity (Wildman–Crippen MR) is 105 cm³/mol. The molecule has 1 aliphatic carbocycles. The minimum absolute atomic E-state index is 0.0573. The zero-order valence-electron chi connectivity index (χ0n) is 15.9. The maximum atomic E-state index is 13.4. The standard InChI is InChI=1S/C23H23FN2O2/c1-16-5-7-18(8-6-16)21-14-25-22(28-21)11-12-23(27)26(20-9-10-20)15-17-3-2-4-19(24)13-17/h2-8,13-14,20H,9-12,15H2,1H3. The van der Waals surface area contributed by atoms with Gasteiger partial charge in [0, 0.05) is 31.0 Å². The fraction of sp³-hybridized carbons (Fsp3) is 0.304. The summed E-state index contributed by atoms with van der Waals surface area (Å²) in [7, 11) is 0. The average Bonchev–Trinajstić information content (AvgIpc) is 3.42. The topological polar surface area (TPSA) is 46.3 Å². The van der Waals surface area contributed by atoms with Crippen molar-refractivity contribution in [2.75, 3.05) is 0 Å². The first-order valence-electron chi connectivity index (χ1n) is 9.64. The highest BCUT2D eigenvalue weighted by molar-refractivity contribution is 5.77. The summed E-state index contributed by atoms with van der Waals surface area (Å²) in [5.74, 6) is 1.05. The number of halogens is 1. The summed E-state index contributed by atoms with van der Waals surface area (Å²) >= 11 is 0. The van der Waals surface area contributed by atoms with Gasteiger partial charge in [0.2, 0.25) is 5.91 Å². The van der Waals surface area contributed by atoms with E-state index in [1.165, 1.54) is 17.7 Å². The molecular formula is C23H23FN2O2. The predicted octanol–water partition coefficient (Wildman–Crippen LogP) is 4.91. The molecule has 5 heteroatoms. The summed E-state index contributed by atoms with van der Waals surface area (Å²) in [4.78, 5) is 18.9. The molecule has 1 saturated carbocycles. The van der Waals surface area contributed by atoms with Crippen LogP contribution in [-0.2, 0) is 17.8 Å². The van der Waals surface area contributed by atoms with Crippen LogP contribution in [0.2, 0.25) is 0 Å². The van der Waals surface area contributed by atoms with Crippen molar-refractivity contribution in [1.29, 1.82) is 0 Å². The third kappa shape index (κ3) is 4.47. The smallest absolute Gasteiger partial charge is 0.223 e. The molecule has 0 bridgehead atoms. The van der Waals surface area contributed by atoms with Crippen molar-refractivity contribution in [3.8, 4) is 11.3 Å². The second-order valence-corrected chi connectivity index (χ2v) is 7.37. The quantitative estimate of drug-likeness (QED) is 0.587. The SMILES string of the molecule is Cc1ccc(-c2cnc(CCC(=O)N(Cc3cccc(F)c3)C3CC3)o2)cc1. The lowest BCUT2D eigenvalue weighted by atomic mass is 10.1. The van der Waals surface area contributed by atoms with Crippen LogP contribution in [0.25, 0.3) is 11.3 Å². The Kier molecular flexibility index (Phi) is 5.24. The summed E-state index contributed by atoms with van der Waals surface area (Å²) in [6.45, 7) is 2.48. The maximum absolute atomic E-state index is 13.4. The monoisotopic (exact) mass is 378 g/mol. The molecule has 1 aromatic heterocycles. The fourth-order valence-corrected chi connectivity index (χ4v) is 3.27. The number of amides is 1. The number of carbonyl (C=O) groups is 1. The lowest BCUT2D eigenvalue weighted by Crippen LogP contribution is -2.32. The van der Waals surface area contributed by atoms with Crippen molar-refractivity contribution < 1.29 is 13.6 Å². The van der Waals surface area contributed by atoms with E-state index >= 15 is 0 Å². The molecule has 28 heavy (non-hydrogen) atoms. The molecule has 144 valence electrons. The van der Waals surface area contributed by atoms with Crippen molar-refractivity contribution in [2.45, 2.75) is 45.2 Å². The van der Waals surface area contributed by atoms with E-state index < -0.39 is 0 Å². The van der Waals surface area contributed by atoms with E-state index in [1.54, 1.807) is 12.3 Å². The molecule has 0 radical (unpaired) electrons. The van der Waals surface area contributed by atoms with Gasteiger partial charge in [-0.05, 0) is 37.5 Å². The third-order valence-corrected chi connectivity index (χ3v) is 4.99. The molecule has 0 aliphatic heterocycles. The molecule has 0 saturated heterocycles. The van der Waals surface area contributed by atoms with Gasteiger partial charge in [0.1, 0.15) is 5.82 Å². The second kappa shape index (κ2) is 7.97. The summed E-state index contributed by atoms with van der Waals surface area (Å²) in [5, 5.41) is 0. The van der Waals surface area contributed by atoms with Crippen LogP contribution >= 0.6 is 0 Å². The lowest BCUT2D eigenvalue weighted by Gasteiger charge is -2.22. The van der Waals surface area contributed by atoms with Crippen LogP contribution in [0.4, 0.5) is 4.39 Å². The fourth-order valence-electron chi connectivity index (χ4n) is 3.27. The van der Waals surface area contributed by atoms with Gasteiger partial charge in [-0.25, -0.2) is 9.37 Å². The Balaban J connectivity index is 1.38. The molecule has 1 fully saturated rings. The molecule has 0 atom stereocenters. The molecule has 0 unspecified atom stereocenters. The molecule has 3 aromatic rings. The zero-order chi connectivity index (χ0) is 19.5. The highest BCUT2D eigenvalue weighted by Gasteiger charge is 2.32. The van der Waals surface area contributed by atoms with Gasteiger partial charge in [-0.2, -0.15) is 0 Å². The van der Waals surface area contributed by atoms with Crippen molar-refractivity contribution in [2.24, 2.45) is 0 Å². The molecule has 4 nitrogen and oxygen atoms in total. The van der Waals surface area contributed by atoms with E-state index in [0.29, 0.717) is 31.0 Å². The van der Waals surface area contributed by atoms with Crippen LogP contribution in [0.3, 0.4) is 0 Å². The summed E-state index contributed by atoms with van der Waals surface area (Å²) in [6.07, 6.45) is 4.52. The molecule has 2 aromatic carbocycles. The van der Waals surface area contributed by atoms with Gasteiger partial charge in [-0.3, -0.25) is 4.79 Å². The van der Waals surface area contributed by atoms with Crippen LogP contribution in [0.1, 0.15) is 36.3 Å².